The summed E-state index contributed by atoms with van der Waals surface area (Å²) < 4.78 is 36.6. The van der Waals surface area contributed by atoms with Crippen LogP contribution in [-0.2, 0) is 19.6 Å². The summed E-state index contributed by atoms with van der Waals surface area (Å²) in [6, 6.07) is 0. The van der Waals surface area contributed by atoms with Gasteiger partial charge in [-0.25, -0.2) is 0 Å². The van der Waals surface area contributed by atoms with Gasteiger partial charge >= 0.3 is 5.97 Å². The first-order valence-corrected chi connectivity index (χ1v) is 15.1. The zero-order chi connectivity index (χ0) is 23.9. The molecular formula is C26H52O5S. The molecule has 0 bridgehead atoms. The predicted molar refractivity (Wildman–Crippen MR) is 135 cm³/mol. The molecule has 0 aliphatic heterocycles. The number of ether oxygens (including phenoxy) is 1. The van der Waals surface area contributed by atoms with Crippen LogP contribution in [0.2, 0.25) is 0 Å². The normalized spacial score (nSPS) is 12.7. The zero-order valence-corrected chi connectivity index (χ0v) is 21.9. The molecule has 0 aromatic carbocycles. The molecule has 0 heterocycles. The van der Waals surface area contributed by atoms with Crippen LogP contribution in [0.25, 0.3) is 0 Å². The third-order valence-electron chi connectivity index (χ3n) is 6.23. The summed E-state index contributed by atoms with van der Waals surface area (Å²) >= 11 is 0. The van der Waals surface area contributed by atoms with Crippen LogP contribution >= 0.6 is 0 Å². The van der Waals surface area contributed by atoms with Crippen molar-refractivity contribution in [3.8, 4) is 0 Å². The Balaban J connectivity index is 3.38. The maximum atomic E-state index is 11.7. The molecule has 0 aromatic heterocycles. The van der Waals surface area contributed by atoms with Crippen molar-refractivity contribution in [3.63, 3.8) is 0 Å². The predicted octanol–water partition coefficient (Wildman–Crippen LogP) is 8.02. The van der Waals surface area contributed by atoms with Crippen molar-refractivity contribution < 1.29 is 22.5 Å². The molecule has 0 fully saturated rings. The van der Waals surface area contributed by atoms with Gasteiger partial charge in [0.2, 0.25) is 0 Å². The fourth-order valence-electron chi connectivity index (χ4n) is 4.21. The number of esters is 1. The van der Waals surface area contributed by atoms with Crippen LogP contribution in [0.5, 0.6) is 0 Å². The second-order valence-electron chi connectivity index (χ2n) is 9.26. The van der Waals surface area contributed by atoms with Crippen molar-refractivity contribution in [2.45, 2.75) is 154 Å². The molecular weight excluding hydrogens is 424 g/mol. The average Bonchev–Trinajstić information content (AvgIpc) is 2.74. The Labute approximate surface area is 199 Å². The number of carbonyl (C=O) groups is 1. The second-order valence-corrected chi connectivity index (χ2v) is 10.9. The third kappa shape index (κ3) is 20.0. The molecule has 0 aliphatic rings. The molecule has 32 heavy (non-hydrogen) atoms. The number of hydrogen-bond acceptors (Lipinski definition) is 4. The average molecular weight is 477 g/mol. The monoisotopic (exact) mass is 476 g/mol. The van der Waals surface area contributed by atoms with E-state index in [2.05, 4.69) is 6.92 Å². The second kappa shape index (κ2) is 22.2. The SMILES string of the molecule is CCCCCCCCCCCCCCCCCCCCCCC(C(=O)OCC)S(=O)(=O)O. The topological polar surface area (TPSA) is 80.7 Å². The van der Waals surface area contributed by atoms with Crippen LogP contribution in [0.15, 0.2) is 0 Å². The summed E-state index contributed by atoms with van der Waals surface area (Å²) in [7, 11) is -4.39. The van der Waals surface area contributed by atoms with Gasteiger partial charge in [0.15, 0.2) is 5.25 Å². The first kappa shape index (κ1) is 31.4. The molecule has 0 rings (SSSR count). The highest BCUT2D eigenvalue weighted by Gasteiger charge is 2.31. The van der Waals surface area contributed by atoms with Crippen LogP contribution in [0, 0.1) is 0 Å². The van der Waals surface area contributed by atoms with E-state index in [0.717, 1.165) is 19.3 Å². The van der Waals surface area contributed by atoms with Gasteiger partial charge in [-0.3, -0.25) is 9.35 Å². The van der Waals surface area contributed by atoms with Gasteiger partial charge in [-0.1, -0.05) is 135 Å². The number of rotatable bonds is 24. The molecule has 1 atom stereocenters. The smallest absolute Gasteiger partial charge is 0.326 e. The maximum Gasteiger partial charge on any atom is 0.326 e. The molecule has 0 radical (unpaired) electrons. The van der Waals surface area contributed by atoms with E-state index in [1.54, 1.807) is 6.92 Å². The van der Waals surface area contributed by atoms with Crippen molar-refractivity contribution in [2.75, 3.05) is 6.61 Å². The fraction of sp³-hybridized carbons (Fsp3) is 0.962. The summed E-state index contributed by atoms with van der Waals surface area (Å²) in [6.07, 6.45) is 25.8. The molecule has 0 spiro atoms. The lowest BCUT2D eigenvalue weighted by Crippen LogP contribution is -2.31. The van der Waals surface area contributed by atoms with Crippen LogP contribution in [0.1, 0.15) is 149 Å². The van der Waals surface area contributed by atoms with Crippen LogP contribution < -0.4 is 0 Å². The highest BCUT2D eigenvalue weighted by atomic mass is 32.2. The van der Waals surface area contributed by atoms with E-state index in [1.165, 1.54) is 103 Å². The Morgan fingerprint density at radius 3 is 1.22 bits per heavy atom. The van der Waals surface area contributed by atoms with Crippen molar-refractivity contribution in [3.05, 3.63) is 0 Å². The van der Waals surface area contributed by atoms with Gasteiger partial charge in [0, 0.05) is 0 Å². The first-order valence-electron chi connectivity index (χ1n) is 13.6. The van der Waals surface area contributed by atoms with Crippen molar-refractivity contribution in [1.29, 1.82) is 0 Å². The van der Waals surface area contributed by atoms with Crippen molar-refractivity contribution in [1.82, 2.24) is 0 Å². The molecule has 0 saturated heterocycles. The van der Waals surface area contributed by atoms with E-state index in [4.69, 9.17) is 4.74 Å². The summed E-state index contributed by atoms with van der Waals surface area (Å²) in [5.74, 6) is -0.840. The van der Waals surface area contributed by atoms with Crippen molar-refractivity contribution in [2.24, 2.45) is 0 Å². The highest BCUT2D eigenvalue weighted by molar-refractivity contribution is 7.87. The van der Waals surface area contributed by atoms with Gasteiger partial charge in [0.05, 0.1) is 6.61 Å². The minimum atomic E-state index is -4.39. The Hall–Kier alpha value is -0.620. The van der Waals surface area contributed by atoms with Crippen LogP contribution in [-0.4, -0.2) is 30.8 Å². The van der Waals surface area contributed by atoms with Gasteiger partial charge in [-0.2, -0.15) is 8.42 Å². The van der Waals surface area contributed by atoms with Gasteiger partial charge in [0.25, 0.3) is 10.1 Å². The maximum absolute atomic E-state index is 11.7. The van der Waals surface area contributed by atoms with Crippen LogP contribution in [0.4, 0.5) is 0 Å². The first-order chi connectivity index (χ1) is 15.4. The fourth-order valence-corrected chi connectivity index (χ4v) is 4.98. The summed E-state index contributed by atoms with van der Waals surface area (Å²) in [4.78, 5) is 11.7. The van der Waals surface area contributed by atoms with Gasteiger partial charge in [-0.15, -0.1) is 0 Å². The molecule has 1 N–H and O–H groups in total. The lowest BCUT2D eigenvalue weighted by molar-refractivity contribution is -0.142. The highest BCUT2D eigenvalue weighted by Crippen LogP contribution is 2.16. The van der Waals surface area contributed by atoms with E-state index in [9.17, 15) is 17.8 Å². The number of unbranched alkanes of at least 4 members (excludes halogenated alkanes) is 19. The molecule has 1 unspecified atom stereocenters. The van der Waals surface area contributed by atoms with Gasteiger partial charge in [0.1, 0.15) is 0 Å². The molecule has 192 valence electrons. The van der Waals surface area contributed by atoms with Gasteiger partial charge in [-0.05, 0) is 13.3 Å². The van der Waals surface area contributed by atoms with E-state index < -0.39 is 21.3 Å². The van der Waals surface area contributed by atoms with Crippen molar-refractivity contribution >= 4 is 16.1 Å². The minimum absolute atomic E-state index is 0.115. The zero-order valence-electron chi connectivity index (χ0n) is 21.1. The molecule has 0 saturated carbocycles. The summed E-state index contributed by atoms with van der Waals surface area (Å²) in [5.41, 5.74) is 0. The largest absolute Gasteiger partial charge is 0.465 e. The Morgan fingerprint density at radius 1 is 0.625 bits per heavy atom. The third-order valence-corrected chi connectivity index (χ3v) is 7.38. The Kier molecular flexibility index (Phi) is 21.8. The Bertz CT molecular complexity index is 518. The minimum Gasteiger partial charge on any atom is -0.465 e. The van der Waals surface area contributed by atoms with E-state index >= 15 is 0 Å². The summed E-state index contributed by atoms with van der Waals surface area (Å²) in [6.45, 7) is 4.01. The molecule has 5 nitrogen and oxygen atoms in total. The number of carbonyl (C=O) groups excluding carboxylic acids is 1. The van der Waals surface area contributed by atoms with Crippen LogP contribution in [0.3, 0.4) is 0 Å². The lowest BCUT2D eigenvalue weighted by atomic mass is 10.0. The lowest BCUT2D eigenvalue weighted by Gasteiger charge is -2.12. The van der Waals surface area contributed by atoms with Gasteiger partial charge < -0.3 is 4.74 Å². The molecule has 6 heteroatoms. The van der Waals surface area contributed by atoms with E-state index in [1.807, 2.05) is 0 Å². The molecule has 0 amide bonds. The standard InChI is InChI=1S/C26H52O5S/c1-3-5-6-7-8-9-10-11-12-13-14-15-16-17-18-19-20-21-22-23-24-25(32(28,29)30)26(27)31-4-2/h25H,3-24H2,1-2H3,(H,28,29,30). The summed E-state index contributed by atoms with van der Waals surface area (Å²) in [5, 5.41) is -1.43. The molecule has 0 aliphatic carbocycles. The molecule has 0 aromatic rings. The van der Waals surface area contributed by atoms with E-state index in [-0.39, 0.29) is 13.0 Å². The Morgan fingerprint density at radius 2 is 0.938 bits per heavy atom. The number of hydrogen-bond donors (Lipinski definition) is 1. The van der Waals surface area contributed by atoms with E-state index in [0.29, 0.717) is 6.42 Å². The quantitative estimate of drug-likeness (QED) is 0.0866.